The molecule has 1 fully saturated rings. The van der Waals surface area contributed by atoms with Gasteiger partial charge in [-0.25, -0.2) is 0 Å². The number of carbonyl (C=O) groups excluding carboxylic acids is 2. The summed E-state index contributed by atoms with van der Waals surface area (Å²) in [4.78, 5) is 24.9. The number of nitrogens with zero attached hydrogens (tertiary/aromatic N) is 1. The van der Waals surface area contributed by atoms with Crippen molar-refractivity contribution in [3.63, 3.8) is 0 Å². The summed E-state index contributed by atoms with van der Waals surface area (Å²) in [5.74, 6) is 0.962. The van der Waals surface area contributed by atoms with Crippen molar-refractivity contribution in [3.05, 3.63) is 0 Å². The van der Waals surface area contributed by atoms with E-state index in [1.165, 1.54) is 0 Å². The lowest BCUT2D eigenvalue weighted by molar-refractivity contribution is -0.134. The van der Waals surface area contributed by atoms with Crippen LogP contribution < -0.4 is 0 Å². The fraction of sp³-hybridized carbons (Fsp3) is 0.833. The lowest BCUT2D eigenvalue weighted by atomic mass is 10.0. The van der Waals surface area contributed by atoms with Gasteiger partial charge in [0.25, 0.3) is 0 Å². The molecule has 1 aliphatic heterocycles. The van der Waals surface area contributed by atoms with Crippen LogP contribution in [0, 0.1) is 5.92 Å². The standard InChI is InChI=1S/C12H21NO2/c1-3-4-11(14)9-13-8-7-10(2)5-6-12(13)15/h10H,3-9H2,1-2H3. The summed E-state index contributed by atoms with van der Waals surface area (Å²) >= 11 is 0. The molecule has 0 aromatic heterocycles. The number of hydrogen-bond acceptors (Lipinski definition) is 2. The number of hydrogen-bond donors (Lipinski definition) is 0. The second-order valence-corrected chi connectivity index (χ2v) is 4.54. The summed E-state index contributed by atoms with van der Waals surface area (Å²) in [6, 6.07) is 0. The van der Waals surface area contributed by atoms with E-state index in [2.05, 4.69) is 6.92 Å². The van der Waals surface area contributed by atoms with Gasteiger partial charge in [-0.15, -0.1) is 0 Å². The molecular weight excluding hydrogens is 190 g/mol. The van der Waals surface area contributed by atoms with Crippen molar-refractivity contribution in [2.24, 2.45) is 5.92 Å². The molecular formula is C12H21NO2. The van der Waals surface area contributed by atoms with Gasteiger partial charge in [-0.2, -0.15) is 0 Å². The molecule has 1 rings (SSSR count). The van der Waals surface area contributed by atoms with Crippen molar-refractivity contribution in [3.8, 4) is 0 Å². The number of Topliss-reactive ketones (excluding diaryl/α,β-unsaturated/α-hetero) is 1. The summed E-state index contributed by atoms with van der Waals surface area (Å²) in [7, 11) is 0. The Morgan fingerprint density at radius 3 is 2.87 bits per heavy atom. The molecule has 3 heteroatoms. The van der Waals surface area contributed by atoms with Crippen LogP contribution >= 0.6 is 0 Å². The molecule has 1 saturated heterocycles. The molecule has 0 bridgehead atoms. The minimum atomic E-state index is 0.156. The van der Waals surface area contributed by atoms with Crippen molar-refractivity contribution < 1.29 is 9.59 Å². The zero-order valence-electron chi connectivity index (χ0n) is 9.79. The van der Waals surface area contributed by atoms with Gasteiger partial charge in [0.1, 0.15) is 0 Å². The van der Waals surface area contributed by atoms with Crippen molar-refractivity contribution >= 4 is 11.7 Å². The van der Waals surface area contributed by atoms with Crippen molar-refractivity contribution in [1.29, 1.82) is 0 Å². The number of likely N-dealkylation sites (tertiary alicyclic amines) is 1. The van der Waals surface area contributed by atoms with Crippen LogP contribution in [0.3, 0.4) is 0 Å². The van der Waals surface area contributed by atoms with E-state index < -0.39 is 0 Å². The van der Waals surface area contributed by atoms with E-state index in [9.17, 15) is 9.59 Å². The Labute approximate surface area is 91.8 Å². The predicted octanol–water partition coefficient (Wildman–Crippen LogP) is 2.00. The molecule has 0 saturated carbocycles. The summed E-state index contributed by atoms with van der Waals surface area (Å²) in [5.41, 5.74) is 0. The summed E-state index contributed by atoms with van der Waals surface area (Å²) < 4.78 is 0. The summed E-state index contributed by atoms with van der Waals surface area (Å²) in [6.07, 6.45) is 4.08. The Balaban J connectivity index is 2.45. The molecule has 1 amide bonds. The molecule has 0 spiro atoms. The SMILES string of the molecule is CCCC(=O)CN1CCC(C)CCC1=O. The first-order valence-electron chi connectivity index (χ1n) is 5.93. The van der Waals surface area contributed by atoms with Gasteiger partial charge in [0.05, 0.1) is 6.54 Å². The highest BCUT2D eigenvalue weighted by molar-refractivity contribution is 5.86. The Hall–Kier alpha value is -0.860. The van der Waals surface area contributed by atoms with Crippen LogP contribution in [0.1, 0.15) is 46.0 Å². The Bertz CT molecular complexity index is 238. The van der Waals surface area contributed by atoms with Gasteiger partial charge < -0.3 is 4.90 Å². The average molecular weight is 211 g/mol. The Kier molecular flexibility index (Phi) is 4.79. The first-order valence-corrected chi connectivity index (χ1v) is 5.93. The molecule has 0 N–H and O–H groups in total. The van der Waals surface area contributed by atoms with Gasteiger partial charge >= 0.3 is 0 Å². The Morgan fingerprint density at radius 2 is 2.20 bits per heavy atom. The third kappa shape index (κ3) is 4.02. The molecule has 1 heterocycles. The first-order chi connectivity index (χ1) is 7.13. The lowest BCUT2D eigenvalue weighted by Gasteiger charge is -2.19. The van der Waals surface area contributed by atoms with Gasteiger partial charge in [0.15, 0.2) is 5.78 Å². The highest BCUT2D eigenvalue weighted by Gasteiger charge is 2.21. The fourth-order valence-corrected chi connectivity index (χ4v) is 1.91. The molecule has 0 aromatic rings. The van der Waals surface area contributed by atoms with Gasteiger partial charge in [0, 0.05) is 19.4 Å². The molecule has 15 heavy (non-hydrogen) atoms. The van der Waals surface area contributed by atoms with Crippen LogP contribution in [0.4, 0.5) is 0 Å². The van der Waals surface area contributed by atoms with E-state index in [-0.39, 0.29) is 11.7 Å². The number of carbonyl (C=O) groups is 2. The van der Waals surface area contributed by atoms with Gasteiger partial charge in [-0.05, 0) is 25.2 Å². The molecule has 1 atom stereocenters. The zero-order valence-corrected chi connectivity index (χ0v) is 9.79. The van der Waals surface area contributed by atoms with Gasteiger partial charge in [-0.3, -0.25) is 9.59 Å². The maximum Gasteiger partial charge on any atom is 0.222 e. The monoisotopic (exact) mass is 211 g/mol. The fourth-order valence-electron chi connectivity index (χ4n) is 1.91. The van der Waals surface area contributed by atoms with Crippen LogP contribution in [0.2, 0.25) is 0 Å². The quantitative estimate of drug-likeness (QED) is 0.713. The second-order valence-electron chi connectivity index (χ2n) is 4.54. The molecule has 0 aliphatic carbocycles. The normalized spacial score (nSPS) is 22.7. The molecule has 86 valence electrons. The van der Waals surface area contributed by atoms with Crippen molar-refractivity contribution in [1.82, 2.24) is 4.90 Å². The third-order valence-electron chi connectivity index (χ3n) is 2.99. The molecule has 1 unspecified atom stereocenters. The van der Waals surface area contributed by atoms with E-state index in [0.717, 1.165) is 25.8 Å². The van der Waals surface area contributed by atoms with E-state index in [1.54, 1.807) is 4.90 Å². The summed E-state index contributed by atoms with van der Waals surface area (Å²) in [6.45, 7) is 5.25. The van der Waals surface area contributed by atoms with Crippen LogP contribution in [-0.4, -0.2) is 29.7 Å². The highest BCUT2D eigenvalue weighted by Crippen LogP contribution is 2.17. The second kappa shape index (κ2) is 5.89. The minimum Gasteiger partial charge on any atom is -0.335 e. The maximum absolute atomic E-state index is 11.7. The lowest BCUT2D eigenvalue weighted by Crippen LogP contribution is -2.35. The number of amides is 1. The predicted molar refractivity (Wildman–Crippen MR) is 59.5 cm³/mol. The van der Waals surface area contributed by atoms with Crippen LogP contribution in [0.25, 0.3) is 0 Å². The summed E-state index contributed by atoms with van der Waals surface area (Å²) in [5, 5.41) is 0. The van der Waals surface area contributed by atoms with E-state index in [1.807, 2.05) is 6.92 Å². The minimum absolute atomic E-state index is 0.156. The molecule has 3 nitrogen and oxygen atoms in total. The van der Waals surface area contributed by atoms with Crippen molar-refractivity contribution in [2.45, 2.75) is 46.0 Å². The maximum atomic E-state index is 11.7. The topological polar surface area (TPSA) is 37.4 Å². The van der Waals surface area contributed by atoms with Crippen molar-refractivity contribution in [2.75, 3.05) is 13.1 Å². The number of rotatable bonds is 4. The first kappa shape index (κ1) is 12.2. The third-order valence-corrected chi connectivity index (χ3v) is 2.99. The zero-order chi connectivity index (χ0) is 11.3. The molecule has 1 aliphatic rings. The van der Waals surface area contributed by atoms with Crippen LogP contribution in [0.5, 0.6) is 0 Å². The molecule has 0 radical (unpaired) electrons. The van der Waals surface area contributed by atoms with Crippen LogP contribution in [0.15, 0.2) is 0 Å². The number of ketones is 1. The van der Waals surface area contributed by atoms with E-state index in [0.29, 0.717) is 25.3 Å². The average Bonchev–Trinajstić information content (AvgIpc) is 2.33. The smallest absolute Gasteiger partial charge is 0.222 e. The molecule has 0 aromatic carbocycles. The van der Waals surface area contributed by atoms with Crippen LogP contribution in [-0.2, 0) is 9.59 Å². The Morgan fingerprint density at radius 1 is 1.47 bits per heavy atom. The largest absolute Gasteiger partial charge is 0.335 e. The van der Waals surface area contributed by atoms with E-state index in [4.69, 9.17) is 0 Å². The van der Waals surface area contributed by atoms with E-state index >= 15 is 0 Å². The highest BCUT2D eigenvalue weighted by atomic mass is 16.2. The van der Waals surface area contributed by atoms with Gasteiger partial charge in [0.2, 0.25) is 5.91 Å². The van der Waals surface area contributed by atoms with Gasteiger partial charge in [-0.1, -0.05) is 13.8 Å².